The second-order valence-corrected chi connectivity index (χ2v) is 10.2. The average Bonchev–Trinajstić information content (AvgIpc) is 3.24. The highest BCUT2D eigenvalue weighted by Crippen LogP contribution is 2.54. The summed E-state index contributed by atoms with van der Waals surface area (Å²) >= 11 is 3.52. The van der Waals surface area contributed by atoms with E-state index in [9.17, 15) is 4.79 Å². The Morgan fingerprint density at radius 2 is 2.28 bits per heavy atom. The second-order valence-electron chi connectivity index (χ2n) is 9.26. The fourth-order valence-corrected chi connectivity index (χ4v) is 6.60. The molecule has 3 fully saturated rings. The molecule has 4 aliphatic rings. The molecule has 0 bridgehead atoms. The first-order valence-electron chi connectivity index (χ1n) is 10.8. The minimum absolute atomic E-state index is 0.0994. The predicted molar refractivity (Wildman–Crippen MR) is 112 cm³/mol. The Morgan fingerprint density at radius 3 is 3.10 bits per heavy atom. The molecular weight excluding hydrogens is 434 g/mol. The molecule has 29 heavy (non-hydrogen) atoms. The summed E-state index contributed by atoms with van der Waals surface area (Å²) in [5, 5.41) is 3.82. The van der Waals surface area contributed by atoms with Crippen LogP contribution in [0.1, 0.15) is 43.9 Å². The molecule has 0 radical (unpaired) electrons. The van der Waals surface area contributed by atoms with Gasteiger partial charge in [0, 0.05) is 61.2 Å². The van der Waals surface area contributed by atoms with Gasteiger partial charge in [0.25, 0.3) is 0 Å². The predicted octanol–water partition coefficient (Wildman–Crippen LogP) is 2.68. The monoisotopic (exact) mass is 463 g/mol. The van der Waals surface area contributed by atoms with Crippen molar-refractivity contribution in [1.82, 2.24) is 15.2 Å². The third-order valence-corrected chi connectivity index (χ3v) is 8.35. The summed E-state index contributed by atoms with van der Waals surface area (Å²) in [5.41, 5.74) is 2.12. The number of carbonyl (C=O) groups excluding carboxylic acids is 1. The highest BCUT2D eigenvalue weighted by atomic mass is 79.9. The van der Waals surface area contributed by atoms with Gasteiger partial charge in [-0.2, -0.15) is 0 Å². The molecule has 5 rings (SSSR count). The van der Waals surface area contributed by atoms with Crippen molar-refractivity contribution in [1.29, 1.82) is 0 Å². The summed E-state index contributed by atoms with van der Waals surface area (Å²) in [6.07, 6.45) is 6.79. The van der Waals surface area contributed by atoms with Crippen LogP contribution in [0.25, 0.3) is 0 Å². The number of fused-ring (bicyclic) bond motifs is 2. The van der Waals surface area contributed by atoms with E-state index in [0.717, 1.165) is 48.9 Å². The van der Waals surface area contributed by atoms with Crippen molar-refractivity contribution < 1.29 is 14.3 Å². The van der Waals surface area contributed by atoms with Crippen molar-refractivity contribution in [2.45, 2.75) is 69.8 Å². The van der Waals surface area contributed by atoms with E-state index in [2.05, 4.69) is 44.1 Å². The third-order valence-electron chi connectivity index (χ3n) is 7.91. The van der Waals surface area contributed by atoms with E-state index < -0.39 is 0 Å². The van der Waals surface area contributed by atoms with E-state index >= 15 is 0 Å². The number of pyridine rings is 1. The lowest BCUT2D eigenvalue weighted by molar-refractivity contribution is -0.138. The van der Waals surface area contributed by atoms with E-state index in [1.54, 1.807) is 7.11 Å². The van der Waals surface area contributed by atoms with Gasteiger partial charge in [0.2, 0.25) is 5.91 Å². The third kappa shape index (κ3) is 3.25. The number of ether oxygens (including phenoxy) is 2. The number of carbonyl (C=O) groups is 1. The van der Waals surface area contributed by atoms with Crippen molar-refractivity contribution in [2.75, 3.05) is 20.3 Å². The average molecular weight is 464 g/mol. The largest absolute Gasteiger partial charge is 0.379 e. The molecule has 1 aromatic rings. The van der Waals surface area contributed by atoms with Gasteiger partial charge in [0.05, 0.1) is 18.1 Å². The lowest BCUT2D eigenvalue weighted by Gasteiger charge is -2.34. The zero-order valence-corrected chi connectivity index (χ0v) is 18.8. The molecule has 1 amide bonds. The summed E-state index contributed by atoms with van der Waals surface area (Å²) in [4.78, 5) is 20.4. The number of amides is 1. The van der Waals surface area contributed by atoms with Gasteiger partial charge in [0.15, 0.2) is 0 Å². The minimum atomic E-state index is -0.227. The van der Waals surface area contributed by atoms with E-state index in [1.807, 2.05) is 6.20 Å². The number of hydrogen-bond donors (Lipinski definition) is 1. The molecule has 7 heteroatoms. The van der Waals surface area contributed by atoms with Crippen molar-refractivity contribution in [3.8, 4) is 0 Å². The molecule has 1 saturated carbocycles. The van der Waals surface area contributed by atoms with Crippen LogP contribution in [0.4, 0.5) is 0 Å². The number of nitrogens with zero attached hydrogens (tertiary/aromatic N) is 2. The summed E-state index contributed by atoms with van der Waals surface area (Å²) in [6.45, 7) is 4.42. The summed E-state index contributed by atoms with van der Waals surface area (Å²) in [7, 11) is 1.76. The van der Waals surface area contributed by atoms with Crippen LogP contribution >= 0.6 is 15.9 Å². The van der Waals surface area contributed by atoms with Crippen LogP contribution in [0.2, 0.25) is 0 Å². The number of hydrogen-bond acceptors (Lipinski definition) is 5. The maximum Gasteiger partial charge on any atom is 0.229 e. The van der Waals surface area contributed by atoms with Gasteiger partial charge in [-0.15, -0.1) is 0 Å². The Balaban J connectivity index is 1.33. The highest BCUT2D eigenvalue weighted by molar-refractivity contribution is 9.10. The van der Waals surface area contributed by atoms with Gasteiger partial charge in [-0.3, -0.25) is 9.78 Å². The number of rotatable bonds is 3. The lowest BCUT2D eigenvalue weighted by atomic mass is 9.73. The molecule has 4 heterocycles. The molecule has 6 atom stereocenters. The van der Waals surface area contributed by atoms with Gasteiger partial charge in [-0.05, 0) is 59.2 Å². The molecule has 1 aliphatic carbocycles. The summed E-state index contributed by atoms with van der Waals surface area (Å²) < 4.78 is 12.2. The molecular formula is C22H30BrN3O3. The van der Waals surface area contributed by atoms with Crippen molar-refractivity contribution >= 4 is 21.8 Å². The molecule has 158 valence electrons. The van der Waals surface area contributed by atoms with Gasteiger partial charge < -0.3 is 19.7 Å². The van der Waals surface area contributed by atoms with Crippen LogP contribution in [-0.4, -0.2) is 60.3 Å². The maximum absolute atomic E-state index is 13.6. The van der Waals surface area contributed by atoms with Crippen LogP contribution in [0, 0.1) is 11.3 Å². The van der Waals surface area contributed by atoms with E-state index in [4.69, 9.17) is 9.47 Å². The van der Waals surface area contributed by atoms with Crippen LogP contribution in [0.15, 0.2) is 16.7 Å². The number of methoxy groups -OCH3 is 1. The Morgan fingerprint density at radius 1 is 1.41 bits per heavy atom. The molecule has 4 unspecified atom stereocenters. The van der Waals surface area contributed by atoms with Crippen molar-refractivity contribution in [2.24, 2.45) is 11.3 Å². The first kappa shape index (κ1) is 19.9. The molecule has 6 nitrogen and oxygen atoms in total. The fraction of sp³-hybridized carbons (Fsp3) is 0.727. The standard InChI is InChI=1S/C22H30BrN3O3/c1-13-19-8-18-14(7-15(23)10-24-18)11-26(19)21(27)22(13)5-3-16(9-22)25-17-4-6-29-12-20(17)28-2/h7,10,13,16-17,19-20,25H,3-6,8-9,11-12H2,1-2H3/t13?,16-,17?,19?,20?,22+/m1/s1. The smallest absolute Gasteiger partial charge is 0.229 e. The first-order valence-corrected chi connectivity index (χ1v) is 11.6. The SMILES string of the molecule is COC1COCCC1N[C@@H]1CC[C@@]2(C1)C(=O)N1Cc3cc(Br)cnc3CC1C2C. The zero-order valence-electron chi connectivity index (χ0n) is 17.2. The Kier molecular flexibility index (Phi) is 5.21. The van der Waals surface area contributed by atoms with Gasteiger partial charge in [0.1, 0.15) is 0 Å². The number of nitrogens with one attached hydrogen (secondary N) is 1. The minimum Gasteiger partial charge on any atom is -0.379 e. The maximum atomic E-state index is 13.6. The van der Waals surface area contributed by atoms with Crippen LogP contribution < -0.4 is 5.32 Å². The van der Waals surface area contributed by atoms with Crippen molar-refractivity contribution in [3.05, 3.63) is 28.0 Å². The summed E-state index contributed by atoms with van der Waals surface area (Å²) in [6, 6.07) is 3.08. The van der Waals surface area contributed by atoms with Gasteiger partial charge in [-0.25, -0.2) is 0 Å². The molecule has 1 spiro atoms. The Labute approximate surface area is 180 Å². The topological polar surface area (TPSA) is 63.7 Å². The molecule has 3 aliphatic heterocycles. The van der Waals surface area contributed by atoms with Crippen LogP contribution in [0.5, 0.6) is 0 Å². The van der Waals surface area contributed by atoms with E-state index in [1.165, 1.54) is 5.56 Å². The van der Waals surface area contributed by atoms with E-state index in [0.29, 0.717) is 37.1 Å². The zero-order chi connectivity index (χ0) is 20.2. The molecule has 0 aromatic carbocycles. The Hall–Kier alpha value is -1.02. The van der Waals surface area contributed by atoms with Gasteiger partial charge >= 0.3 is 0 Å². The normalized spacial score (nSPS) is 39.1. The molecule has 2 saturated heterocycles. The van der Waals surface area contributed by atoms with Crippen molar-refractivity contribution in [3.63, 3.8) is 0 Å². The van der Waals surface area contributed by atoms with E-state index in [-0.39, 0.29) is 17.6 Å². The molecule has 1 aromatic heterocycles. The first-order chi connectivity index (χ1) is 14.0. The number of aromatic nitrogens is 1. The van der Waals surface area contributed by atoms with Gasteiger partial charge in [-0.1, -0.05) is 6.92 Å². The molecule has 1 N–H and O–H groups in total. The Bertz CT molecular complexity index is 806. The fourth-order valence-electron chi connectivity index (χ4n) is 6.22. The number of halogens is 1. The quantitative estimate of drug-likeness (QED) is 0.746. The van der Waals surface area contributed by atoms with Crippen LogP contribution in [0.3, 0.4) is 0 Å². The highest BCUT2D eigenvalue weighted by Gasteiger charge is 2.60. The van der Waals surface area contributed by atoms with Crippen LogP contribution in [-0.2, 0) is 27.2 Å². The lowest BCUT2D eigenvalue weighted by Crippen LogP contribution is -2.51. The summed E-state index contributed by atoms with van der Waals surface area (Å²) in [5.74, 6) is 0.716. The second kappa shape index (κ2) is 7.59.